The van der Waals surface area contributed by atoms with Crippen LogP contribution in [0.15, 0.2) is 0 Å². The van der Waals surface area contributed by atoms with Gasteiger partial charge in [0, 0.05) is 13.1 Å². The average molecular weight is 343 g/mol. The molecule has 0 aromatic carbocycles. The first kappa shape index (κ1) is 18.4. The first-order valence-electron chi connectivity index (χ1n) is 8.52. The molecule has 1 atom stereocenters. The molecule has 132 valence electrons. The molecule has 0 aromatic heterocycles. The summed E-state index contributed by atoms with van der Waals surface area (Å²) in [5.41, 5.74) is -0.174. The van der Waals surface area contributed by atoms with Crippen molar-refractivity contribution in [2.24, 2.45) is 5.41 Å². The molecule has 0 bridgehead atoms. The van der Waals surface area contributed by atoms with Gasteiger partial charge in [0.2, 0.25) is 5.91 Å². The fourth-order valence-corrected chi connectivity index (χ4v) is 3.84. The monoisotopic (exact) mass is 342 g/mol. The molecular formula is C17H30N2O3S. The van der Waals surface area contributed by atoms with E-state index in [4.69, 9.17) is 4.74 Å². The van der Waals surface area contributed by atoms with Crippen LogP contribution in [0.25, 0.3) is 0 Å². The Bertz CT molecular complexity index is 444. The van der Waals surface area contributed by atoms with Gasteiger partial charge in [-0.3, -0.25) is 4.79 Å². The van der Waals surface area contributed by atoms with Crippen LogP contribution < -0.4 is 5.32 Å². The van der Waals surface area contributed by atoms with Gasteiger partial charge in [-0.2, -0.15) is 11.8 Å². The van der Waals surface area contributed by atoms with Crippen LogP contribution in [0.4, 0.5) is 4.79 Å². The first-order chi connectivity index (χ1) is 10.7. The number of ether oxygens (including phenoxy) is 1. The van der Waals surface area contributed by atoms with Crippen molar-refractivity contribution in [3.8, 4) is 0 Å². The summed E-state index contributed by atoms with van der Waals surface area (Å²) in [5.74, 6) is 0.888. The highest BCUT2D eigenvalue weighted by Crippen LogP contribution is 2.48. The number of hydrogen-bond donors (Lipinski definition) is 1. The van der Waals surface area contributed by atoms with Crippen LogP contribution in [0.2, 0.25) is 0 Å². The van der Waals surface area contributed by atoms with E-state index in [0.717, 1.165) is 25.3 Å². The van der Waals surface area contributed by atoms with Crippen molar-refractivity contribution in [2.75, 3.05) is 25.1 Å². The molecule has 5 nitrogen and oxygen atoms in total. The summed E-state index contributed by atoms with van der Waals surface area (Å²) < 4.78 is 5.31. The molecule has 1 aliphatic carbocycles. The Morgan fingerprint density at radius 3 is 2.48 bits per heavy atom. The molecule has 2 fully saturated rings. The Hall–Kier alpha value is -0.910. The van der Waals surface area contributed by atoms with Crippen LogP contribution in [0.3, 0.4) is 0 Å². The van der Waals surface area contributed by atoms with Crippen molar-refractivity contribution < 1.29 is 14.3 Å². The zero-order chi connectivity index (χ0) is 17.1. The Morgan fingerprint density at radius 2 is 2.00 bits per heavy atom. The maximum atomic E-state index is 12.8. The van der Waals surface area contributed by atoms with Gasteiger partial charge in [0.1, 0.15) is 11.6 Å². The minimum atomic E-state index is -0.555. The molecule has 0 aromatic rings. The van der Waals surface area contributed by atoms with E-state index in [1.807, 2.05) is 31.9 Å². The standard InChI is InChI=1S/C17H30N2O3S/c1-16(2,3)22-15(21)18-13(6-11-23-4)14(20)19-10-9-17(12-19)7-5-8-17/h13H,5-12H2,1-4H3,(H,18,21)/t13-/m0/s1. The normalized spacial score (nSPS) is 21.0. The summed E-state index contributed by atoms with van der Waals surface area (Å²) in [6.45, 7) is 7.16. The van der Waals surface area contributed by atoms with Gasteiger partial charge in [-0.05, 0) is 63.9 Å². The fourth-order valence-electron chi connectivity index (χ4n) is 3.37. The minimum absolute atomic E-state index is 0.0497. The highest BCUT2D eigenvalue weighted by molar-refractivity contribution is 7.98. The number of rotatable bonds is 5. The molecule has 1 saturated carbocycles. The lowest BCUT2D eigenvalue weighted by Crippen LogP contribution is -2.50. The molecule has 1 N–H and O–H groups in total. The quantitative estimate of drug-likeness (QED) is 0.834. The zero-order valence-electron chi connectivity index (χ0n) is 14.8. The Balaban J connectivity index is 1.94. The van der Waals surface area contributed by atoms with Crippen molar-refractivity contribution in [1.29, 1.82) is 0 Å². The predicted molar refractivity (Wildman–Crippen MR) is 93.6 cm³/mol. The van der Waals surface area contributed by atoms with Gasteiger partial charge in [0.15, 0.2) is 0 Å². The Morgan fingerprint density at radius 1 is 1.30 bits per heavy atom. The topological polar surface area (TPSA) is 58.6 Å². The lowest BCUT2D eigenvalue weighted by Gasteiger charge is -2.38. The summed E-state index contributed by atoms with van der Waals surface area (Å²) in [5, 5.41) is 2.78. The molecule has 0 radical (unpaired) electrons. The summed E-state index contributed by atoms with van der Waals surface area (Å²) in [6, 6.07) is -0.479. The zero-order valence-corrected chi connectivity index (χ0v) is 15.6. The van der Waals surface area contributed by atoms with Gasteiger partial charge < -0.3 is 15.0 Å². The number of likely N-dealkylation sites (tertiary alicyclic amines) is 1. The van der Waals surface area contributed by atoms with E-state index >= 15 is 0 Å². The van der Waals surface area contributed by atoms with Crippen LogP contribution in [0.1, 0.15) is 52.9 Å². The smallest absolute Gasteiger partial charge is 0.408 e. The molecule has 6 heteroatoms. The second-order valence-corrected chi connectivity index (χ2v) is 8.83. The number of nitrogens with zero attached hydrogens (tertiary/aromatic N) is 1. The number of amides is 2. The largest absolute Gasteiger partial charge is 0.444 e. The van der Waals surface area contributed by atoms with E-state index in [0.29, 0.717) is 11.8 Å². The second kappa shape index (κ2) is 7.32. The number of carbonyl (C=O) groups excluding carboxylic acids is 2. The Labute approximate surface area is 143 Å². The third kappa shape index (κ3) is 5.03. The van der Waals surface area contributed by atoms with E-state index in [1.165, 1.54) is 19.3 Å². The molecule has 1 spiro atoms. The number of thioether (sulfide) groups is 1. The Kier molecular flexibility index (Phi) is 5.87. The van der Waals surface area contributed by atoms with Crippen LogP contribution in [-0.4, -0.2) is 53.6 Å². The van der Waals surface area contributed by atoms with Gasteiger partial charge in [0.25, 0.3) is 0 Å². The van der Waals surface area contributed by atoms with Crippen molar-refractivity contribution in [2.45, 2.75) is 64.5 Å². The molecular weight excluding hydrogens is 312 g/mol. The van der Waals surface area contributed by atoms with Crippen molar-refractivity contribution in [3.63, 3.8) is 0 Å². The van der Waals surface area contributed by atoms with Crippen LogP contribution in [0.5, 0.6) is 0 Å². The highest BCUT2D eigenvalue weighted by Gasteiger charge is 2.45. The van der Waals surface area contributed by atoms with Crippen molar-refractivity contribution >= 4 is 23.8 Å². The predicted octanol–water partition coefficient (Wildman–Crippen LogP) is 3.04. The first-order valence-corrected chi connectivity index (χ1v) is 9.91. The number of hydrogen-bond acceptors (Lipinski definition) is 4. The SMILES string of the molecule is CSCC[C@H](NC(=O)OC(C)(C)C)C(=O)N1CCC2(CCC2)C1. The van der Waals surface area contributed by atoms with Gasteiger partial charge in [-0.1, -0.05) is 6.42 Å². The van der Waals surface area contributed by atoms with Crippen LogP contribution in [0, 0.1) is 5.41 Å². The number of carbonyl (C=O) groups is 2. The maximum Gasteiger partial charge on any atom is 0.408 e. The molecule has 1 aliphatic heterocycles. The van der Waals surface area contributed by atoms with E-state index in [9.17, 15) is 9.59 Å². The highest BCUT2D eigenvalue weighted by atomic mass is 32.2. The fraction of sp³-hybridized carbons (Fsp3) is 0.882. The van der Waals surface area contributed by atoms with Crippen molar-refractivity contribution in [1.82, 2.24) is 10.2 Å². The lowest BCUT2D eigenvalue weighted by atomic mass is 9.68. The lowest BCUT2D eigenvalue weighted by molar-refractivity contribution is -0.133. The average Bonchev–Trinajstić information content (AvgIpc) is 2.86. The van der Waals surface area contributed by atoms with Gasteiger partial charge >= 0.3 is 6.09 Å². The molecule has 2 rings (SSSR count). The third-order valence-corrected chi connectivity index (χ3v) is 5.41. The van der Waals surface area contributed by atoms with E-state index < -0.39 is 17.7 Å². The van der Waals surface area contributed by atoms with Gasteiger partial charge in [-0.25, -0.2) is 4.79 Å². The van der Waals surface area contributed by atoms with E-state index in [2.05, 4.69) is 5.32 Å². The number of alkyl carbamates (subject to hydrolysis) is 1. The van der Waals surface area contributed by atoms with E-state index in [-0.39, 0.29) is 5.91 Å². The summed E-state index contributed by atoms with van der Waals surface area (Å²) in [7, 11) is 0. The van der Waals surface area contributed by atoms with Crippen molar-refractivity contribution in [3.05, 3.63) is 0 Å². The molecule has 23 heavy (non-hydrogen) atoms. The molecule has 1 saturated heterocycles. The van der Waals surface area contributed by atoms with E-state index in [1.54, 1.807) is 11.8 Å². The molecule has 2 amide bonds. The molecule has 1 heterocycles. The number of nitrogens with one attached hydrogen (secondary N) is 1. The summed E-state index contributed by atoms with van der Waals surface area (Å²) >= 11 is 1.68. The summed E-state index contributed by atoms with van der Waals surface area (Å²) in [6.07, 6.45) is 7.03. The molecule has 2 aliphatic rings. The van der Waals surface area contributed by atoms with Crippen LogP contribution >= 0.6 is 11.8 Å². The third-order valence-electron chi connectivity index (χ3n) is 4.76. The van der Waals surface area contributed by atoms with Gasteiger partial charge in [-0.15, -0.1) is 0 Å². The van der Waals surface area contributed by atoms with Gasteiger partial charge in [0.05, 0.1) is 0 Å². The molecule has 0 unspecified atom stereocenters. The van der Waals surface area contributed by atoms with Crippen LogP contribution in [-0.2, 0) is 9.53 Å². The minimum Gasteiger partial charge on any atom is -0.444 e. The summed E-state index contributed by atoms with van der Waals surface area (Å²) in [4.78, 5) is 26.8. The second-order valence-electron chi connectivity index (χ2n) is 7.84. The maximum absolute atomic E-state index is 12.8.